The molecule has 0 atom stereocenters. The first-order valence-electron chi connectivity index (χ1n) is 6.70. The number of hydrogen-bond donors (Lipinski definition) is 0. The second-order valence-electron chi connectivity index (χ2n) is 5.89. The molecule has 0 aromatic heterocycles. The van der Waals surface area contributed by atoms with Crippen molar-refractivity contribution in [2.75, 3.05) is 7.11 Å². The first-order chi connectivity index (χ1) is 8.81. The number of ether oxygens (including phenoxy) is 2. The molecule has 0 radical (unpaired) electrons. The monoisotopic (exact) mass is 269 g/mol. The van der Waals surface area contributed by atoms with Crippen LogP contribution in [0.1, 0.15) is 52.9 Å². The molecule has 1 fully saturated rings. The van der Waals surface area contributed by atoms with Crippen molar-refractivity contribution in [1.29, 1.82) is 0 Å². The minimum absolute atomic E-state index is 0.170. The third-order valence-corrected chi connectivity index (χ3v) is 3.00. The number of rotatable bonds is 3. The Hall–Kier alpha value is -1.39. The normalized spacial score (nSPS) is 17.4. The summed E-state index contributed by atoms with van der Waals surface area (Å²) in [5.41, 5.74) is -0.446. The minimum atomic E-state index is -0.731. The van der Waals surface area contributed by atoms with Gasteiger partial charge in [-0.25, -0.2) is 9.59 Å². The van der Waals surface area contributed by atoms with E-state index in [1.165, 1.54) is 20.0 Å². The number of amides is 1. The van der Waals surface area contributed by atoms with Gasteiger partial charge in [-0.3, -0.25) is 0 Å². The van der Waals surface area contributed by atoms with Gasteiger partial charge in [0.1, 0.15) is 11.3 Å². The Kier molecular flexibility index (Phi) is 5.51. The summed E-state index contributed by atoms with van der Waals surface area (Å²) in [6.45, 7) is 5.28. The van der Waals surface area contributed by atoms with Crippen LogP contribution in [0.25, 0.3) is 0 Å². The summed E-state index contributed by atoms with van der Waals surface area (Å²) in [5, 5.41) is 0. The highest BCUT2D eigenvalue weighted by atomic mass is 16.6. The molecule has 0 N–H and O–H groups in total. The van der Waals surface area contributed by atoms with Gasteiger partial charge in [0, 0.05) is 6.42 Å². The molecule has 5 nitrogen and oxygen atoms in total. The number of hydrogen-bond acceptors (Lipinski definition) is 4. The Morgan fingerprint density at radius 2 is 1.79 bits per heavy atom. The molecule has 1 rings (SSSR count). The molecule has 108 valence electrons. The second kappa shape index (κ2) is 6.68. The fourth-order valence-corrected chi connectivity index (χ4v) is 2.18. The van der Waals surface area contributed by atoms with Crippen molar-refractivity contribution in [3.8, 4) is 0 Å². The van der Waals surface area contributed by atoms with Crippen LogP contribution in [0.2, 0.25) is 0 Å². The molecular formula is C14H23NO4. The summed E-state index contributed by atoms with van der Waals surface area (Å²) in [6.07, 6.45) is 4.25. The smallest absolute Gasteiger partial charge is 0.434 e. The predicted octanol–water partition coefficient (Wildman–Crippen LogP) is 3.12. The van der Waals surface area contributed by atoms with Crippen molar-refractivity contribution in [3.63, 3.8) is 0 Å². The van der Waals surface area contributed by atoms with E-state index >= 15 is 0 Å². The summed E-state index contributed by atoms with van der Waals surface area (Å²) >= 11 is 0. The zero-order valence-electron chi connectivity index (χ0n) is 12.2. The predicted molar refractivity (Wildman–Crippen MR) is 72.3 cm³/mol. The molecule has 0 unspecified atom stereocenters. The Bertz CT molecular complexity index is 362. The molecule has 1 aliphatic rings. The highest BCUT2D eigenvalue weighted by Crippen LogP contribution is 2.28. The fourth-order valence-electron chi connectivity index (χ4n) is 2.18. The van der Waals surface area contributed by atoms with Gasteiger partial charge >= 0.3 is 12.1 Å². The average molecular weight is 269 g/mol. The van der Waals surface area contributed by atoms with Crippen LogP contribution >= 0.6 is 0 Å². The van der Waals surface area contributed by atoms with Gasteiger partial charge in [0.05, 0.1) is 7.11 Å². The van der Waals surface area contributed by atoms with Crippen LogP contribution in [0.3, 0.4) is 0 Å². The molecule has 1 aliphatic carbocycles. The van der Waals surface area contributed by atoms with E-state index in [-0.39, 0.29) is 5.71 Å². The van der Waals surface area contributed by atoms with Gasteiger partial charge in [-0.05, 0) is 26.7 Å². The SMILES string of the molecule is COC(=O)C(CC1CCCC1)=NC(=O)OC(C)(C)C. The zero-order chi connectivity index (χ0) is 14.5. The number of methoxy groups -OCH3 is 1. The van der Waals surface area contributed by atoms with E-state index in [2.05, 4.69) is 9.73 Å². The number of esters is 1. The number of carbonyl (C=O) groups is 2. The summed E-state index contributed by atoms with van der Waals surface area (Å²) in [6, 6.07) is 0. The third kappa shape index (κ3) is 5.85. The zero-order valence-corrected chi connectivity index (χ0v) is 12.2. The minimum Gasteiger partial charge on any atom is -0.465 e. The van der Waals surface area contributed by atoms with E-state index in [0.717, 1.165) is 12.8 Å². The van der Waals surface area contributed by atoms with Crippen molar-refractivity contribution >= 4 is 17.8 Å². The molecule has 0 aromatic rings. The van der Waals surface area contributed by atoms with Crippen molar-refractivity contribution in [2.45, 2.75) is 58.5 Å². The first kappa shape index (κ1) is 15.7. The van der Waals surface area contributed by atoms with E-state index in [9.17, 15) is 9.59 Å². The molecule has 1 amide bonds. The summed E-state index contributed by atoms with van der Waals surface area (Å²) < 4.78 is 9.77. The summed E-state index contributed by atoms with van der Waals surface area (Å²) in [7, 11) is 1.29. The van der Waals surface area contributed by atoms with E-state index in [4.69, 9.17) is 4.74 Å². The van der Waals surface area contributed by atoms with Gasteiger partial charge in [-0.2, -0.15) is 4.99 Å². The van der Waals surface area contributed by atoms with Crippen molar-refractivity contribution in [1.82, 2.24) is 0 Å². The van der Waals surface area contributed by atoms with Crippen molar-refractivity contribution < 1.29 is 19.1 Å². The van der Waals surface area contributed by atoms with Gasteiger partial charge in [-0.1, -0.05) is 25.7 Å². The van der Waals surface area contributed by atoms with Crippen LogP contribution in [0.5, 0.6) is 0 Å². The molecule has 0 aromatic carbocycles. The quantitative estimate of drug-likeness (QED) is 0.583. The molecule has 0 bridgehead atoms. The highest BCUT2D eigenvalue weighted by Gasteiger charge is 2.24. The molecule has 19 heavy (non-hydrogen) atoms. The van der Waals surface area contributed by atoms with E-state index in [1.807, 2.05) is 0 Å². The van der Waals surface area contributed by atoms with Crippen LogP contribution < -0.4 is 0 Å². The standard InChI is InChI=1S/C14H23NO4/c1-14(2,3)19-13(17)15-11(12(16)18-4)9-10-7-5-6-8-10/h10H,5-9H2,1-4H3. The lowest BCUT2D eigenvalue weighted by molar-refractivity contribution is -0.132. The number of nitrogens with zero attached hydrogens (tertiary/aromatic N) is 1. The van der Waals surface area contributed by atoms with Gasteiger partial charge < -0.3 is 9.47 Å². The maximum atomic E-state index is 11.6. The van der Waals surface area contributed by atoms with Crippen LogP contribution in [-0.2, 0) is 14.3 Å². The van der Waals surface area contributed by atoms with E-state index in [1.54, 1.807) is 20.8 Å². The van der Waals surface area contributed by atoms with Crippen LogP contribution in [0.4, 0.5) is 4.79 Å². The first-order valence-corrected chi connectivity index (χ1v) is 6.70. The number of carbonyl (C=O) groups excluding carboxylic acids is 2. The second-order valence-corrected chi connectivity index (χ2v) is 5.89. The molecule has 0 saturated heterocycles. The molecule has 0 spiro atoms. The lowest BCUT2D eigenvalue weighted by Crippen LogP contribution is -2.25. The lowest BCUT2D eigenvalue weighted by atomic mass is 10.0. The maximum absolute atomic E-state index is 11.6. The summed E-state index contributed by atoms with van der Waals surface area (Å²) in [5.74, 6) is -0.127. The Balaban J connectivity index is 2.71. The van der Waals surface area contributed by atoms with Crippen LogP contribution in [0.15, 0.2) is 4.99 Å². The topological polar surface area (TPSA) is 65.0 Å². The third-order valence-electron chi connectivity index (χ3n) is 3.00. The Morgan fingerprint density at radius 1 is 1.21 bits per heavy atom. The van der Waals surface area contributed by atoms with Gasteiger partial charge in [0.2, 0.25) is 0 Å². The lowest BCUT2D eigenvalue weighted by Gasteiger charge is -2.18. The molecule has 1 saturated carbocycles. The number of aliphatic imine (C=N–C) groups is 1. The van der Waals surface area contributed by atoms with E-state index in [0.29, 0.717) is 12.3 Å². The molecule has 0 aliphatic heterocycles. The van der Waals surface area contributed by atoms with Gasteiger partial charge in [0.25, 0.3) is 0 Å². The Labute approximate surface area is 114 Å². The van der Waals surface area contributed by atoms with Crippen LogP contribution in [0, 0.1) is 5.92 Å². The fraction of sp³-hybridized carbons (Fsp3) is 0.786. The Morgan fingerprint density at radius 3 is 2.26 bits per heavy atom. The molecule has 0 heterocycles. The largest absolute Gasteiger partial charge is 0.465 e. The molecule has 5 heteroatoms. The summed E-state index contributed by atoms with van der Waals surface area (Å²) in [4.78, 5) is 27.1. The highest BCUT2D eigenvalue weighted by molar-refractivity contribution is 6.37. The van der Waals surface area contributed by atoms with Crippen molar-refractivity contribution in [3.05, 3.63) is 0 Å². The van der Waals surface area contributed by atoms with E-state index < -0.39 is 17.7 Å². The maximum Gasteiger partial charge on any atom is 0.434 e. The average Bonchev–Trinajstić information content (AvgIpc) is 2.77. The van der Waals surface area contributed by atoms with Gasteiger partial charge in [0.15, 0.2) is 0 Å². The van der Waals surface area contributed by atoms with Gasteiger partial charge in [-0.15, -0.1) is 0 Å². The molecular weight excluding hydrogens is 246 g/mol. The van der Waals surface area contributed by atoms with Crippen LogP contribution in [-0.4, -0.2) is 30.5 Å². The van der Waals surface area contributed by atoms with Crippen molar-refractivity contribution in [2.24, 2.45) is 10.9 Å².